The van der Waals surface area contributed by atoms with Gasteiger partial charge in [-0.05, 0) is 13.8 Å². The Morgan fingerprint density at radius 2 is 2.13 bits per heavy atom. The predicted molar refractivity (Wildman–Crippen MR) is 53.7 cm³/mol. The molecule has 0 radical (unpaired) electrons. The van der Waals surface area contributed by atoms with Gasteiger partial charge in [0.25, 0.3) is 10.1 Å². The average Bonchev–Trinajstić information content (AvgIpc) is 2.11. The fraction of sp³-hybridized carbons (Fsp3) is 0.667. The molecule has 1 aliphatic heterocycles. The number of hydrogen-bond donors (Lipinski definition) is 0. The van der Waals surface area contributed by atoms with Crippen LogP contribution in [0.3, 0.4) is 0 Å². The number of ether oxygens (including phenoxy) is 1. The van der Waals surface area contributed by atoms with Crippen LogP contribution in [0.5, 0.6) is 0 Å². The zero-order chi connectivity index (χ0) is 11.7. The second kappa shape index (κ2) is 3.94. The largest absolute Gasteiger partial charge is 0.453 e. The van der Waals surface area contributed by atoms with Gasteiger partial charge in [0.05, 0.1) is 5.75 Å². The lowest BCUT2D eigenvalue weighted by molar-refractivity contribution is -0.157. The highest BCUT2D eigenvalue weighted by Gasteiger charge is 2.37. The van der Waals surface area contributed by atoms with Crippen LogP contribution < -0.4 is 0 Å². The smallest absolute Gasteiger partial charge is 0.333 e. The molecule has 0 spiro atoms. The van der Waals surface area contributed by atoms with Gasteiger partial charge < -0.3 is 4.74 Å². The van der Waals surface area contributed by atoms with E-state index in [-0.39, 0.29) is 24.4 Å². The number of hydrogen-bond acceptors (Lipinski definition) is 5. The van der Waals surface area contributed by atoms with Crippen LogP contribution in [0.1, 0.15) is 20.3 Å². The zero-order valence-electron chi connectivity index (χ0n) is 8.78. The van der Waals surface area contributed by atoms with Crippen molar-refractivity contribution < 1.29 is 22.1 Å². The topological polar surface area (TPSA) is 69.7 Å². The van der Waals surface area contributed by atoms with E-state index in [0.29, 0.717) is 0 Å². The average molecular weight is 234 g/mol. The molecule has 1 aliphatic rings. The van der Waals surface area contributed by atoms with Gasteiger partial charge >= 0.3 is 5.97 Å². The van der Waals surface area contributed by atoms with Crippen LogP contribution in [0, 0.1) is 0 Å². The van der Waals surface area contributed by atoms with E-state index in [4.69, 9.17) is 4.74 Å². The maximum absolute atomic E-state index is 11.3. The summed E-state index contributed by atoms with van der Waals surface area (Å²) < 4.78 is 31.7. The van der Waals surface area contributed by atoms with E-state index in [0.717, 1.165) is 0 Å². The molecule has 1 rings (SSSR count). The molecule has 1 saturated heterocycles. The monoisotopic (exact) mass is 234 g/mol. The van der Waals surface area contributed by atoms with Crippen molar-refractivity contribution in [1.82, 2.24) is 0 Å². The standard InChI is InChI=1S/C9H14O5S/c1-7(2)8(10)14-9(3)4-5-15(11,12)13-6-9/h1,4-6H2,2-3H3. The highest BCUT2D eigenvalue weighted by Crippen LogP contribution is 2.24. The molecule has 15 heavy (non-hydrogen) atoms. The van der Waals surface area contributed by atoms with Gasteiger partial charge in [0.2, 0.25) is 0 Å². The van der Waals surface area contributed by atoms with Crippen molar-refractivity contribution in [3.05, 3.63) is 12.2 Å². The molecular formula is C9H14O5S. The highest BCUT2D eigenvalue weighted by atomic mass is 32.2. The van der Waals surface area contributed by atoms with Crippen molar-refractivity contribution in [2.24, 2.45) is 0 Å². The Labute approximate surface area is 89.2 Å². The molecule has 0 aromatic carbocycles. The molecule has 0 N–H and O–H groups in total. The first kappa shape index (κ1) is 12.2. The highest BCUT2D eigenvalue weighted by molar-refractivity contribution is 7.86. The summed E-state index contributed by atoms with van der Waals surface area (Å²) in [4.78, 5) is 11.3. The van der Waals surface area contributed by atoms with Crippen molar-refractivity contribution in [3.8, 4) is 0 Å². The lowest BCUT2D eigenvalue weighted by Gasteiger charge is -2.32. The van der Waals surface area contributed by atoms with Crippen LogP contribution in [-0.2, 0) is 23.8 Å². The van der Waals surface area contributed by atoms with Gasteiger partial charge in [-0.25, -0.2) is 4.79 Å². The molecule has 5 nitrogen and oxygen atoms in total. The van der Waals surface area contributed by atoms with E-state index in [2.05, 4.69) is 10.8 Å². The molecule has 1 fully saturated rings. The first-order valence-electron chi connectivity index (χ1n) is 4.50. The third-order valence-electron chi connectivity index (χ3n) is 2.11. The van der Waals surface area contributed by atoms with E-state index in [1.54, 1.807) is 6.92 Å². The number of esters is 1. The molecule has 6 heteroatoms. The van der Waals surface area contributed by atoms with Gasteiger partial charge in [0.1, 0.15) is 12.2 Å². The summed E-state index contributed by atoms with van der Waals surface area (Å²) in [6.45, 7) is 6.49. The quantitative estimate of drug-likeness (QED) is 0.398. The van der Waals surface area contributed by atoms with E-state index in [1.165, 1.54) is 6.92 Å². The van der Waals surface area contributed by atoms with Crippen LogP contribution in [0.2, 0.25) is 0 Å². The fourth-order valence-corrected chi connectivity index (χ4v) is 2.31. The Balaban J connectivity index is 2.63. The normalized spacial score (nSPS) is 29.5. The van der Waals surface area contributed by atoms with E-state index in [1.807, 2.05) is 0 Å². The Morgan fingerprint density at radius 3 is 2.53 bits per heavy atom. The van der Waals surface area contributed by atoms with Crippen molar-refractivity contribution in [1.29, 1.82) is 0 Å². The van der Waals surface area contributed by atoms with Crippen LogP contribution in [0.15, 0.2) is 12.2 Å². The molecule has 0 bridgehead atoms. The Morgan fingerprint density at radius 1 is 1.53 bits per heavy atom. The summed E-state index contributed by atoms with van der Waals surface area (Å²) in [6, 6.07) is 0. The molecule has 1 unspecified atom stereocenters. The molecule has 86 valence electrons. The molecule has 0 aliphatic carbocycles. The van der Waals surface area contributed by atoms with Gasteiger partial charge in [0, 0.05) is 12.0 Å². The molecule has 1 heterocycles. The minimum Gasteiger partial charge on any atom is -0.453 e. The molecule has 0 amide bonds. The number of rotatable bonds is 2. The van der Waals surface area contributed by atoms with Crippen molar-refractivity contribution >= 4 is 16.1 Å². The van der Waals surface area contributed by atoms with Gasteiger partial charge in [-0.1, -0.05) is 6.58 Å². The van der Waals surface area contributed by atoms with Crippen molar-refractivity contribution in [3.63, 3.8) is 0 Å². The molecule has 0 aromatic rings. The Kier molecular flexibility index (Phi) is 3.20. The number of carbonyl (C=O) groups is 1. The minimum atomic E-state index is -3.42. The molecule has 0 aromatic heterocycles. The molecular weight excluding hydrogens is 220 g/mol. The summed E-state index contributed by atoms with van der Waals surface area (Å²) in [5.41, 5.74) is -0.592. The van der Waals surface area contributed by atoms with Crippen molar-refractivity contribution in [2.45, 2.75) is 25.9 Å². The van der Waals surface area contributed by atoms with Crippen LogP contribution in [-0.4, -0.2) is 32.3 Å². The zero-order valence-corrected chi connectivity index (χ0v) is 9.59. The van der Waals surface area contributed by atoms with E-state index < -0.39 is 21.7 Å². The van der Waals surface area contributed by atoms with Crippen LogP contribution >= 0.6 is 0 Å². The predicted octanol–water partition coefficient (Wildman–Crippen LogP) is 0.615. The summed E-state index contributed by atoms with van der Waals surface area (Å²) in [6.07, 6.45) is 0.244. The summed E-state index contributed by atoms with van der Waals surface area (Å²) in [5.74, 6) is -0.659. The SMILES string of the molecule is C=C(C)C(=O)OC1(C)CCS(=O)(=O)OC1. The molecule has 0 saturated carbocycles. The van der Waals surface area contributed by atoms with Gasteiger partial charge in [-0.15, -0.1) is 0 Å². The van der Waals surface area contributed by atoms with E-state index in [9.17, 15) is 13.2 Å². The van der Waals surface area contributed by atoms with Crippen LogP contribution in [0.25, 0.3) is 0 Å². The van der Waals surface area contributed by atoms with Crippen molar-refractivity contribution in [2.75, 3.05) is 12.4 Å². The third kappa shape index (κ3) is 3.32. The van der Waals surface area contributed by atoms with Gasteiger partial charge in [0.15, 0.2) is 0 Å². The first-order chi connectivity index (χ1) is 6.74. The lowest BCUT2D eigenvalue weighted by atomic mass is 10.0. The van der Waals surface area contributed by atoms with E-state index >= 15 is 0 Å². The number of carbonyl (C=O) groups excluding carboxylic acids is 1. The van der Waals surface area contributed by atoms with Gasteiger partial charge in [-0.2, -0.15) is 8.42 Å². The fourth-order valence-electron chi connectivity index (χ4n) is 1.08. The summed E-state index contributed by atoms with van der Waals surface area (Å²) >= 11 is 0. The second-order valence-corrected chi connectivity index (χ2v) is 5.65. The Hall–Kier alpha value is -0.880. The minimum absolute atomic E-state index is 0.131. The maximum atomic E-state index is 11.3. The lowest BCUT2D eigenvalue weighted by Crippen LogP contribution is -2.43. The third-order valence-corrected chi connectivity index (χ3v) is 3.29. The molecule has 1 atom stereocenters. The van der Waals surface area contributed by atoms with Crippen LogP contribution in [0.4, 0.5) is 0 Å². The summed E-state index contributed by atoms with van der Waals surface area (Å²) in [7, 11) is -3.42. The Bertz CT molecular complexity index is 367. The van der Waals surface area contributed by atoms with Gasteiger partial charge in [-0.3, -0.25) is 4.18 Å². The summed E-state index contributed by atoms with van der Waals surface area (Å²) in [5, 5.41) is 0. The second-order valence-electron chi connectivity index (χ2n) is 3.89. The maximum Gasteiger partial charge on any atom is 0.333 e. The first-order valence-corrected chi connectivity index (χ1v) is 6.08.